The minimum Gasteiger partial charge on any atom is -0.490 e. The minimum atomic E-state index is -0.825. The molecule has 148 valence electrons. The summed E-state index contributed by atoms with van der Waals surface area (Å²) in [6.07, 6.45) is 3.55. The first-order valence-corrected chi connectivity index (χ1v) is 10.6. The van der Waals surface area contributed by atoms with E-state index < -0.39 is 6.23 Å². The van der Waals surface area contributed by atoms with Crippen LogP contribution in [0.5, 0.6) is 5.75 Å². The van der Waals surface area contributed by atoms with Crippen LogP contribution in [0.15, 0.2) is 65.8 Å². The lowest BCUT2D eigenvalue weighted by Gasteiger charge is -2.15. The highest BCUT2D eigenvalue weighted by Gasteiger charge is 2.31. The van der Waals surface area contributed by atoms with Gasteiger partial charge in [-0.3, -0.25) is 4.90 Å². The fourth-order valence-electron chi connectivity index (χ4n) is 3.54. The fourth-order valence-corrected chi connectivity index (χ4v) is 4.64. The molecule has 1 N–H and O–H groups in total. The van der Waals surface area contributed by atoms with Crippen molar-refractivity contribution in [3.63, 3.8) is 0 Å². The van der Waals surface area contributed by atoms with Crippen LogP contribution in [0, 0.1) is 0 Å². The van der Waals surface area contributed by atoms with E-state index in [1.54, 1.807) is 23.6 Å². The standard InChI is InChI=1S/C23H22N2O3S/c1-2-15-3-5-16(6-4-15)20-11-17-7-8-18(12-21(17)29-20)27-14-19-13-25-10-9-22(26)24-23(25)28-19/h3-12,19,22,26H,2,13-14H2,1H3/t19-,22?/m0/s1. The molecule has 2 aliphatic heterocycles. The molecule has 3 heterocycles. The van der Waals surface area contributed by atoms with Gasteiger partial charge in [0.15, 0.2) is 12.3 Å². The number of rotatable bonds is 5. The molecule has 0 radical (unpaired) electrons. The summed E-state index contributed by atoms with van der Waals surface area (Å²) in [5, 5.41) is 10.8. The minimum absolute atomic E-state index is 0.115. The molecule has 0 spiro atoms. The van der Waals surface area contributed by atoms with E-state index in [4.69, 9.17) is 9.47 Å². The summed E-state index contributed by atoms with van der Waals surface area (Å²) in [5.41, 5.74) is 2.60. The second-order valence-electron chi connectivity index (χ2n) is 7.23. The van der Waals surface area contributed by atoms with E-state index in [1.807, 2.05) is 11.0 Å². The molecule has 0 bridgehead atoms. The zero-order valence-corrected chi connectivity index (χ0v) is 16.9. The summed E-state index contributed by atoms with van der Waals surface area (Å²) in [7, 11) is 0. The Hall–Kier alpha value is -2.83. The molecule has 1 saturated heterocycles. The van der Waals surface area contributed by atoms with Gasteiger partial charge in [0.05, 0.1) is 6.54 Å². The zero-order chi connectivity index (χ0) is 19.8. The lowest BCUT2D eigenvalue weighted by molar-refractivity contribution is 0.143. The normalized spacial score (nSPS) is 20.5. The Kier molecular flexibility index (Phi) is 4.73. The smallest absolute Gasteiger partial charge is 0.294 e. The van der Waals surface area contributed by atoms with Crippen LogP contribution in [0.25, 0.3) is 20.5 Å². The summed E-state index contributed by atoms with van der Waals surface area (Å²) in [6, 6.07) is 17.7. The van der Waals surface area contributed by atoms with Gasteiger partial charge in [0.25, 0.3) is 6.02 Å². The van der Waals surface area contributed by atoms with Crippen molar-refractivity contribution in [2.75, 3.05) is 13.2 Å². The fraction of sp³-hybridized carbons (Fsp3) is 0.261. The average Bonchev–Trinajstić information content (AvgIpc) is 3.35. The lowest BCUT2D eigenvalue weighted by Crippen LogP contribution is -2.26. The van der Waals surface area contributed by atoms with Crippen molar-refractivity contribution in [1.82, 2.24) is 4.90 Å². The predicted octanol–water partition coefficient (Wildman–Crippen LogP) is 4.41. The number of hydrogen-bond donors (Lipinski definition) is 1. The maximum absolute atomic E-state index is 9.55. The maximum atomic E-state index is 9.55. The third kappa shape index (κ3) is 3.73. The average molecular weight is 407 g/mol. The van der Waals surface area contributed by atoms with E-state index in [0.29, 0.717) is 19.2 Å². The van der Waals surface area contributed by atoms with Gasteiger partial charge in [-0.25, -0.2) is 0 Å². The number of fused-ring (bicyclic) bond motifs is 2. The third-order valence-corrected chi connectivity index (χ3v) is 6.32. The molecule has 6 heteroatoms. The summed E-state index contributed by atoms with van der Waals surface area (Å²) in [4.78, 5) is 7.22. The molecular weight excluding hydrogens is 384 g/mol. The first kappa shape index (κ1) is 18.2. The molecule has 2 atom stereocenters. The molecule has 5 nitrogen and oxygen atoms in total. The van der Waals surface area contributed by atoms with Crippen LogP contribution in [-0.2, 0) is 11.2 Å². The van der Waals surface area contributed by atoms with Crippen molar-refractivity contribution < 1.29 is 14.6 Å². The molecular formula is C23H22N2O3S. The van der Waals surface area contributed by atoms with Gasteiger partial charge in [0, 0.05) is 15.8 Å². The summed E-state index contributed by atoms with van der Waals surface area (Å²) >= 11 is 1.78. The van der Waals surface area contributed by atoms with Gasteiger partial charge in [0.1, 0.15) is 12.4 Å². The number of aliphatic hydroxyl groups is 1. The SMILES string of the molecule is CCc1ccc(-c2cc3ccc(OC[C@@H]4CN5C=CC(O)N=C5O4)cc3s2)cc1. The van der Waals surface area contributed by atoms with E-state index in [1.165, 1.54) is 26.1 Å². The first-order valence-electron chi connectivity index (χ1n) is 9.81. The Morgan fingerprint density at radius 2 is 2.07 bits per heavy atom. The Balaban J connectivity index is 1.28. The van der Waals surface area contributed by atoms with Gasteiger partial charge in [-0.15, -0.1) is 11.3 Å². The van der Waals surface area contributed by atoms with Crippen LogP contribution in [0.3, 0.4) is 0 Å². The molecule has 0 saturated carbocycles. The Morgan fingerprint density at radius 1 is 1.21 bits per heavy atom. The number of ether oxygens (including phenoxy) is 2. The highest BCUT2D eigenvalue weighted by Crippen LogP contribution is 2.35. The number of amidine groups is 1. The van der Waals surface area contributed by atoms with Crippen molar-refractivity contribution in [3.05, 3.63) is 66.4 Å². The van der Waals surface area contributed by atoms with E-state index in [-0.39, 0.29) is 6.10 Å². The van der Waals surface area contributed by atoms with Crippen LogP contribution >= 0.6 is 11.3 Å². The monoisotopic (exact) mass is 406 g/mol. The second-order valence-corrected chi connectivity index (χ2v) is 8.31. The van der Waals surface area contributed by atoms with Gasteiger partial charge in [-0.1, -0.05) is 31.2 Å². The van der Waals surface area contributed by atoms with Crippen LogP contribution in [-0.4, -0.2) is 41.5 Å². The molecule has 3 aromatic rings. The Labute approximate surface area is 173 Å². The number of aliphatic hydroxyl groups excluding tert-OH is 1. The van der Waals surface area contributed by atoms with Gasteiger partial charge in [-0.2, -0.15) is 4.99 Å². The molecule has 29 heavy (non-hydrogen) atoms. The highest BCUT2D eigenvalue weighted by atomic mass is 32.1. The number of aryl methyl sites for hydroxylation is 1. The number of aliphatic imine (C=N–C) groups is 1. The number of nitrogens with zero attached hydrogens (tertiary/aromatic N) is 2. The van der Waals surface area contributed by atoms with Crippen molar-refractivity contribution in [2.24, 2.45) is 4.99 Å². The number of thiophene rings is 1. The van der Waals surface area contributed by atoms with Crippen LogP contribution in [0.2, 0.25) is 0 Å². The quantitative estimate of drug-likeness (QED) is 0.682. The van der Waals surface area contributed by atoms with Crippen molar-refractivity contribution >= 4 is 27.4 Å². The molecule has 1 unspecified atom stereocenters. The van der Waals surface area contributed by atoms with Gasteiger partial charge >= 0.3 is 0 Å². The van der Waals surface area contributed by atoms with E-state index in [0.717, 1.165) is 12.2 Å². The number of hydrogen-bond acceptors (Lipinski definition) is 6. The molecule has 1 fully saturated rings. The van der Waals surface area contributed by atoms with Gasteiger partial charge in [-0.05, 0) is 53.3 Å². The Bertz CT molecular complexity index is 1090. The topological polar surface area (TPSA) is 54.3 Å². The van der Waals surface area contributed by atoms with Gasteiger partial charge in [0.2, 0.25) is 0 Å². The Morgan fingerprint density at radius 3 is 2.90 bits per heavy atom. The first-order chi connectivity index (χ1) is 14.2. The number of benzene rings is 2. The molecule has 5 rings (SSSR count). The molecule has 1 aromatic heterocycles. The maximum Gasteiger partial charge on any atom is 0.294 e. The largest absolute Gasteiger partial charge is 0.490 e. The summed E-state index contributed by atoms with van der Waals surface area (Å²) in [6.45, 7) is 3.27. The molecule has 0 aliphatic carbocycles. The van der Waals surface area contributed by atoms with Crippen LogP contribution in [0.4, 0.5) is 0 Å². The second kappa shape index (κ2) is 7.54. The summed E-state index contributed by atoms with van der Waals surface area (Å²) < 4.78 is 13.0. The highest BCUT2D eigenvalue weighted by molar-refractivity contribution is 7.22. The molecule has 0 amide bonds. The summed E-state index contributed by atoms with van der Waals surface area (Å²) in [5.74, 6) is 0.832. The molecule has 2 aliphatic rings. The van der Waals surface area contributed by atoms with Crippen molar-refractivity contribution in [1.29, 1.82) is 0 Å². The predicted molar refractivity (Wildman–Crippen MR) is 116 cm³/mol. The zero-order valence-electron chi connectivity index (χ0n) is 16.1. The lowest BCUT2D eigenvalue weighted by atomic mass is 10.1. The van der Waals surface area contributed by atoms with Crippen LogP contribution in [0.1, 0.15) is 12.5 Å². The van der Waals surface area contributed by atoms with E-state index in [2.05, 4.69) is 54.4 Å². The molecule has 2 aromatic carbocycles. The third-order valence-electron chi connectivity index (χ3n) is 5.17. The van der Waals surface area contributed by atoms with Crippen LogP contribution < -0.4 is 4.74 Å². The van der Waals surface area contributed by atoms with Crippen molar-refractivity contribution in [3.8, 4) is 16.2 Å². The van der Waals surface area contributed by atoms with Crippen molar-refractivity contribution in [2.45, 2.75) is 25.7 Å². The van der Waals surface area contributed by atoms with Gasteiger partial charge < -0.3 is 14.6 Å². The van der Waals surface area contributed by atoms with E-state index in [9.17, 15) is 5.11 Å². The van der Waals surface area contributed by atoms with E-state index >= 15 is 0 Å².